The maximum Gasteiger partial charge on any atom is 0.263 e. The minimum Gasteiger partial charge on any atom is -0.349 e. The van der Waals surface area contributed by atoms with E-state index in [-0.39, 0.29) is 23.7 Å². The van der Waals surface area contributed by atoms with Crippen LogP contribution in [0.1, 0.15) is 32.9 Å². The fourth-order valence-electron chi connectivity index (χ4n) is 3.27. The fourth-order valence-corrected chi connectivity index (χ4v) is 4.88. The van der Waals surface area contributed by atoms with Crippen LogP contribution in [0.25, 0.3) is 10.4 Å². The van der Waals surface area contributed by atoms with Gasteiger partial charge in [0.25, 0.3) is 11.8 Å². The number of benzene rings is 1. The zero-order valence-corrected chi connectivity index (χ0v) is 16.7. The molecule has 0 atom stereocenters. The number of thiophene rings is 2. The Labute approximate surface area is 170 Å². The van der Waals surface area contributed by atoms with E-state index in [1.54, 1.807) is 12.1 Å². The number of hydrogen-bond donors (Lipinski definition) is 1. The normalized spacial score (nSPS) is 14.8. The van der Waals surface area contributed by atoms with Crippen LogP contribution >= 0.6 is 22.7 Å². The van der Waals surface area contributed by atoms with Crippen molar-refractivity contribution in [1.29, 1.82) is 0 Å². The molecule has 1 aromatic carbocycles. The number of nitrogens with zero attached hydrogens (tertiary/aromatic N) is 1. The molecule has 2 aromatic heterocycles. The molecule has 1 N–H and O–H groups in total. The topological polar surface area (TPSA) is 49.4 Å². The quantitative estimate of drug-likeness (QED) is 0.676. The molecule has 0 bridgehead atoms. The van der Waals surface area contributed by atoms with Crippen molar-refractivity contribution in [2.24, 2.45) is 0 Å². The summed E-state index contributed by atoms with van der Waals surface area (Å²) in [5.41, 5.74) is 1.59. The smallest absolute Gasteiger partial charge is 0.263 e. The monoisotopic (exact) mass is 414 g/mol. The molecule has 28 heavy (non-hydrogen) atoms. The first-order valence-electron chi connectivity index (χ1n) is 9.08. The zero-order chi connectivity index (χ0) is 19.5. The Morgan fingerprint density at radius 3 is 2.46 bits per heavy atom. The Balaban J connectivity index is 1.34. The Morgan fingerprint density at radius 1 is 1.04 bits per heavy atom. The van der Waals surface area contributed by atoms with Gasteiger partial charge in [0.1, 0.15) is 5.82 Å². The van der Waals surface area contributed by atoms with Crippen molar-refractivity contribution in [2.75, 3.05) is 13.1 Å². The number of piperidine rings is 1. The summed E-state index contributed by atoms with van der Waals surface area (Å²) in [5, 5.41) is 6.78. The number of hydrogen-bond acceptors (Lipinski definition) is 4. The highest BCUT2D eigenvalue weighted by molar-refractivity contribution is 7.17. The third-order valence-corrected chi connectivity index (χ3v) is 6.65. The maximum atomic E-state index is 13.1. The standard InChI is InChI=1S/C21H19FN2O2S2/c22-16-3-1-14(2-4-16)18-5-6-19(28-18)21(26)24-10-7-17(8-11-24)23-20(25)15-9-12-27-13-15/h1-6,9,12-13,17H,7-8,10-11H2,(H,23,25). The molecular formula is C21H19FN2O2S2. The molecule has 3 aromatic rings. The van der Waals surface area contributed by atoms with Gasteiger partial charge in [-0.05, 0) is 54.1 Å². The summed E-state index contributed by atoms with van der Waals surface area (Å²) in [5.74, 6) is -0.306. The van der Waals surface area contributed by atoms with E-state index in [4.69, 9.17) is 0 Å². The summed E-state index contributed by atoms with van der Waals surface area (Å²) in [6, 6.07) is 11.9. The number of rotatable bonds is 4. The molecule has 3 heterocycles. The lowest BCUT2D eigenvalue weighted by molar-refractivity contribution is 0.0703. The highest BCUT2D eigenvalue weighted by Crippen LogP contribution is 2.29. The molecule has 4 nitrogen and oxygen atoms in total. The highest BCUT2D eigenvalue weighted by Gasteiger charge is 2.25. The van der Waals surface area contributed by atoms with Gasteiger partial charge in [-0.15, -0.1) is 11.3 Å². The molecule has 0 aliphatic carbocycles. The minimum absolute atomic E-state index is 0.0148. The lowest BCUT2D eigenvalue weighted by Crippen LogP contribution is -2.46. The van der Waals surface area contributed by atoms with E-state index in [1.165, 1.54) is 34.8 Å². The summed E-state index contributed by atoms with van der Waals surface area (Å²) in [6.45, 7) is 1.24. The lowest BCUT2D eigenvalue weighted by Gasteiger charge is -2.32. The molecule has 0 radical (unpaired) electrons. The average Bonchev–Trinajstić information content (AvgIpc) is 3.41. The maximum absolute atomic E-state index is 13.1. The van der Waals surface area contributed by atoms with Crippen molar-refractivity contribution in [3.05, 3.63) is 69.5 Å². The minimum atomic E-state index is -0.273. The molecule has 0 saturated carbocycles. The van der Waals surface area contributed by atoms with Gasteiger partial charge in [0, 0.05) is 35.0 Å². The predicted molar refractivity (Wildman–Crippen MR) is 110 cm³/mol. The predicted octanol–water partition coefficient (Wildman–Crippen LogP) is 4.65. The second-order valence-electron chi connectivity index (χ2n) is 6.72. The van der Waals surface area contributed by atoms with Crippen LogP contribution in [0.5, 0.6) is 0 Å². The van der Waals surface area contributed by atoms with Gasteiger partial charge in [-0.2, -0.15) is 11.3 Å². The Hall–Kier alpha value is -2.51. The van der Waals surface area contributed by atoms with Crippen molar-refractivity contribution in [2.45, 2.75) is 18.9 Å². The van der Waals surface area contributed by atoms with Crippen LogP contribution < -0.4 is 5.32 Å². The SMILES string of the molecule is O=C(NC1CCN(C(=O)c2ccc(-c3ccc(F)cc3)s2)CC1)c1ccsc1. The second kappa shape index (κ2) is 8.24. The van der Waals surface area contributed by atoms with Gasteiger partial charge in [0.15, 0.2) is 0 Å². The Kier molecular flexibility index (Phi) is 5.54. The average molecular weight is 415 g/mol. The Morgan fingerprint density at radius 2 is 1.79 bits per heavy atom. The third kappa shape index (κ3) is 4.15. The molecule has 144 valence electrons. The molecule has 1 aliphatic heterocycles. The van der Waals surface area contributed by atoms with Crippen molar-refractivity contribution < 1.29 is 14.0 Å². The van der Waals surface area contributed by atoms with E-state index in [0.717, 1.165) is 23.3 Å². The van der Waals surface area contributed by atoms with E-state index in [1.807, 2.05) is 33.9 Å². The van der Waals surface area contributed by atoms with Gasteiger partial charge in [0.05, 0.1) is 4.88 Å². The van der Waals surface area contributed by atoms with Crippen LogP contribution in [0.3, 0.4) is 0 Å². The van der Waals surface area contributed by atoms with Crippen molar-refractivity contribution in [3.63, 3.8) is 0 Å². The fraction of sp³-hybridized carbons (Fsp3) is 0.238. The highest BCUT2D eigenvalue weighted by atomic mass is 32.1. The molecule has 4 rings (SSSR count). The first-order chi connectivity index (χ1) is 13.6. The summed E-state index contributed by atoms with van der Waals surface area (Å²) >= 11 is 2.92. The van der Waals surface area contributed by atoms with Gasteiger partial charge in [-0.3, -0.25) is 9.59 Å². The van der Waals surface area contributed by atoms with E-state index in [2.05, 4.69) is 5.32 Å². The van der Waals surface area contributed by atoms with Crippen molar-refractivity contribution in [3.8, 4) is 10.4 Å². The zero-order valence-electron chi connectivity index (χ0n) is 15.1. The molecular weight excluding hydrogens is 395 g/mol. The van der Waals surface area contributed by atoms with Crippen LogP contribution in [-0.2, 0) is 0 Å². The third-order valence-electron chi connectivity index (χ3n) is 4.85. The van der Waals surface area contributed by atoms with Crippen LogP contribution in [0.2, 0.25) is 0 Å². The first-order valence-corrected chi connectivity index (χ1v) is 10.8. The summed E-state index contributed by atoms with van der Waals surface area (Å²) in [7, 11) is 0. The van der Waals surface area contributed by atoms with Gasteiger partial charge in [-0.25, -0.2) is 4.39 Å². The van der Waals surface area contributed by atoms with Gasteiger partial charge in [0.2, 0.25) is 0 Å². The van der Waals surface area contributed by atoms with E-state index < -0.39 is 0 Å². The molecule has 1 aliphatic rings. The van der Waals surface area contributed by atoms with Gasteiger partial charge in [-0.1, -0.05) is 12.1 Å². The molecule has 7 heteroatoms. The second-order valence-corrected chi connectivity index (χ2v) is 8.59. The van der Waals surface area contributed by atoms with Gasteiger partial charge < -0.3 is 10.2 Å². The van der Waals surface area contributed by atoms with E-state index >= 15 is 0 Å². The number of carbonyl (C=O) groups excluding carboxylic acids is 2. The number of halogens is 1. The largest absolute Gasteiger partial charge is 0.349 e. The number of amides is 2. The van der Waals surface area contributed by atoms with Crippen LogP contribution in [0, 0.1) is 5.82 Å². The molecule has 0 spiro atoms. The molecule has 1 saturated heterocycles. The molecule has 0 unspecified atom stereocenters. The number of carbonyl (C=O) groups is 2. The number of likely N-dealkylation sites (tertiary alicyclic amines) is 1. The first kappa shape index (κ1) is 18.8. The van der Waals surface area contributed by atoms with E-state index in [0.29, 0.717) is 23.5 Å². The molecule has 1 fully saturated rings. The summed E-state index contributed by atoms with van der Waals surface area (Å²) in [6.07, 6.45) is 1.50. The lowest BCUT2D eigenvalue weighted by atomic mass is 10.0. The van der Waals surface area contributed by atoms with Crippen LogP contribution in [0.15, 0.2) is 53.2 Å². The number of nitrogens with one attached hydrogen (secondary N) is 1. The van der Waals surface area contributed by atoms with Crippen molar-refractivity contribution in [1.82, 2.24) is 10.2 Å². The van der Waals surface area contributed by atoms with Gasteiger partial charge >= 0.3 is 0 Å². The molecule has 2 amide bonds. The van der Waals surface area contributed by atoms with Crippen LogP contribution in [0.4, 0.5) is 4.39 Å². The van der Waals surface area contributed by atoms with Crippen LogP contribution in [-0.4, -0.2) is 35.8 Å². The van der Waals surface area contributed by atoms with E-state index in [9.17, 15) is 14.0 Å². The summed E-state index contributed by atoms with van der Waals surface area (Å²) < 4.78 is 13.1. The van der Waals surface area contributed by atoms with Crippen molar-refractivity contribution >= 4 is 34.5 Å². The Bertz CT molecular complexity index is 959. The summed E-state index contributed by atoms with van der Waals surface area (Å²) in [4.78, 5) is 28.4.